The fraction of sp³-hybridized carbons (Fsp3) is 0.156. The first-order valence-corrected chi connectivity index (χ1v) is 17.7. The van der Waals surface area contributed by atoms with E-state index in [2.05, 4.69) is 20.5 Å². The zero-order chi connectivity index (χ0) is 33.4. The minimum absolute atomic E-state index is 0.0401. The largest absolute Gasteiger partial charge is 0.440 e. The van der Waals surface area contributed by atoms with E-state index in [1.165, 1.54) is 29.5 Å². The molecule has 5 aromatic rings. The Morgan fingerprint density at radius 3 is 2.02 bits per heavy atom. The van der Waals surface area contributed by atoms with Crippen molar-refractivity contribution in [3.63, 3.8) is 0 Å². The minimum atomic E-state index is -3.75. The Morgan fingerprint density at radius 2 is 1.50 bits per heavy atom. The van der Waals surface area contributed by atoms with E-state index in [-0.39, 0.29) is 51.1 Å². The Morgan fingerprint density at radius 1 is 0.913 bits per heavy atom. The minimum Gasteiger partial charge on any atom is -0.440 e. The molecule has 0 aliphatic rings. The SMILES string of the molecule is CCC(=O)c1ccc(Oc2c(-c3ccccc3)c(C#N)c3[nH]c(-c4cc(NS(C)(=O)=O)cc(NS(C)(=O)=O)c4)c(C)c(=O)n23)cc1. The van der Waals surface area contributed by atoms with E-state index in [9.17, 15) is 31.7 Å². The highest BCUT2D eigenvalue weighted by atomic mass is 32.2. The number of aromatic amines is 1. The van der Waals surface area contributed by atoms with Crippen LogP contribution in [-0.2, 0) is 20.0 Å². The summed E-state index contributed by atoms with van der Waals surface area (Å²) < 4.78 is 60.4. The van der Waals surface area contributed by atoms with Crippen LogP contribution in [0.3, 0.4) is 0 Å². The van der Waals surface area contributed by atoms with Gasteiger partial charge in [0, 0.05) is 23.1 Å². The van der Waals surface area contributed by atoms with Crippen molar-refractivity contribution in [3.05, 3.63) is 99.8 Å². The van der Waals surface area contributed by atoms with E-state index in [1.54, 1.807) is 55.5 Å². The molecule has 3 aromatic carbocycles. The summed E-state index contributed by atoms with van der Waals surface area (Å²) in [7, 11) is -7.51. The van der Waals surface area contributed by atoms with Crippen molar-refractivity contribution in [2.24, 2.45) is 0 Å². The second-order valence-electron chi connectivity index (χ2n) is 10.6. The number of ketones is 1. The van der Waals surface area contributed by atoms with Gasteiger partial charge >= 0.3 is 0 Å². The smallest absolute Gasteiger partial charge is 0.264 e. The predicted molar refractivity (Wildman–Crippen MR) is 176 cm³/mol. The Labute approximate surface area is 265 Å². The molecule has 14 heteroatoms. The van der Waals surface area contributed by atoms with Gasteiger partial charge in [0.15, 0.2) is 5.78 Å². The number of anilines is 2. The zero-order valence-corrected chi connectivity index (χ0v) is 26.8. The molecule has 2 heterocycles. The van der Waals surface area contributed by atoms with E-state index in [1.807, 2.05) is 6.07 Å². The number of ether oxygens (including phenoxy) is 1. The van der Waals surface area contributed by atoms with Crippen LogP contribution in [0.15, 0.2) is 77.6 Å². The third kappa shape index (κ3) is 6.65. The molecule has 0 spiro atoms. The maximum absolute atomic E-state index is 14.1. The highest BCUT2D eigenvalue weighted by Gasteiger charge is 2.26. The molecular formula is C32H29N5O7S2. The van der Waals surface area contributed by atoms with E-state index in [0.717, 1.165) is 12.5 Å². The molecule has 12 nitrogen and oxygen atoms in total. The summed E-state index contributed by atoms with van der Waals surface area (Å²) in [6.45, 7) is 3.30. The first-order valence-electron chi connectivity index (χ1n) is 13.9. The van der Waals surface area contributed by atoms with Gasteiger partial charge in [-0.05, 0) is 55.0 Å². The van der Waals surface area contributed by atoms with Crippen LogP contribution in [-0.4, -0.2) is 44.5 Å². The highest BCUT2D eigenvalue weighted by molar-refractivity contribution is 7.92. The number of carbonyl (C=O) groups excluding carboxylic acids is 1. The number of hydrogen-bond acceptors (Lipinski definition) is 8. The second kappa shape index (κ2) is 12.2. The summed E-state index contributed by atoms with van der Waals surface area (Å²) >= 11 is 0. The maximum Gasteiger partial charge on any atom is 0.264 e. The molecule has 0 aliphatic carbocycles. The fourth-order valence-electron chi connectivity index (χ4n) is 5.06. The summed E-state index contributed by atoms with van der Waals surface area (Å²) in [6, 6.07) is 21.7. The highest BCUT2D eigenvalue weighted by Crippen LogP contribution is 2.40. The summed E-state index contributed by atoms with van der Waals surface area (Å²) in [5, 5.41) is 10.4. The second-order valence-corrected chi connectivity index (χ2v) is 14.1. The number of nitrogens with zero attached hydrogens (tertiary/aromatic N) is 2. The summed E-state index contributed by atoms with van der Waals surface area (Å²) in [5.74, 6) is 0.350. The lowest BCUT2D eigenvalue weighted by Gasteiger charge is -2.14. The molecule has 0 bridgehead atoms. The number of Topliss-reactive ketones (excluding diaryl/α,β-unsaturated/α-hetero) is 1. The average molecular weight is 660 g/mol. The van der Waals surface area contributed by atoms with Gasteiger partial charge < -0.3 is 9.72 Å². The predicted octanol–water partition coefficient (Wildman–Crippen LogP) is 5.27. The van der Waals surface area contributed by atoms with Crippen LogP contribution in [0.1, 0.15) is 34.8 Å². The van der Waals surface area contributed by atoms with Gasteiger partial charge in [-0.25, -0.2) is 21.2 Å². The number of nitrogens with one attached hydrogen (secondary N) is 3. The summed E-state index contributed by atoms with van der Waals surface area (Å²) in [5.41, 5.74) is 1.83. The number of fused-ring (bicyclic) bond motifs is 1. The molecule has 5 rings (SSSR count). The van der Waals surface area contributed by atoms with Gasteiger partial charge in [-0.1, -0.05) is 37.3 Å². The number of H-pyrrole nitrogens is 1. The molecule has 46 heavy (non-hydrogen) atoms. The van der Waals surface area contributed by atoms with Crippen LogP contribution in [0.5, 0.6) is 11.6 Å². The Bertz CT molecular complexity index is 2270. The third-order valence-corrected chi connectivity index (χ3v) is 8.20. The average Bonchev–Trinajstić information content (AvgIpc) is 3.30. The van der Waals surface area contributed by atoms with Crippen LogP contribution in [0, 0.1) is 18.3 Å². The lowest BCUT2D eigenvalue weighted by atomic mass is 10.0. The van der Waals surface area contributed by atoms with E-state index in [4.69, 9.17) is 4.74 Å². The van der Waals surface area contributed by atoms with Crippen molar-refractivity contribution in [2.45, 2.75) is 20.3 Å². The van der Waals surface area contributed by atoms with Crippen molar-refractivity contribution in [2.75, 3.05) is 22.0 Å². The van der Waals surface area contributed by atoms with Crippen molar-refractivity contribution in [3.8, 4) is 40.1 Å². The van der Waals surface area contributed by atoms with Crippen LogP contribution in [0.25, 0.3) is 28.0 Å². The Hall–Kier alpha value is -5.39. The number of nitriles is 1. The lowest BCUT2D eigenvalue weighted by Crippen LogP contribution is -2.19. The standard InChI is InChI=1S/C32H29N5O7S2/c1-5-27(38)20-11-13-25(14-12-20)44-32-28(21-9-7-6-8-10-21)26(18-33)30-34-29(19(2)31(39)37(30)32)22-15-23(35-45(3,40)41)17-24(16-22)36-46(4,42)43/h6-17,34-36H,5H2,1-4H3. The molecule has 0 atom stereocenters. The van der Waals surface area contributed by atoms with Crippen molar-refractivity contribution in [1.29, 1.82) is 5.26 Å². The third-order valence-electron chi connectivity index (χ3n) is 6.98. The molecule has 0 aliphatic heterocycles. The van der Waals surface area contributed by atoms with Crippen LogP contribution in [0.4, 0.5) is 11.4 Å². The first-order chi connectivity index (χ1) is 21.7. The van der Waals surface area contributed by atoms with Gasteiger partial charge in [-0.2, -0.15) is 5.26 Å². The Balaban J connectivity index is 1.79. The van der Waals surface area contributed by atoms with Crippen molar-refractivity contribution in [1.82, 2.24) is 9.38 Å². The van der Waals surface area contributed by atoms with Gasteiger partial charge in [0.05, 0.1) is 35.1 Å². The topological polar surface area (TPSA) is 180 Å². The number of aromatic nitrogens is 2. The molecule has 0 fully saturated rings. The van der Waals surface area contributed by atoms with Crippen LogP contribution in [0.2, 0.25) is 0 Å². The number of rotatable bonds is 10. The van der Waals surface area contributed by atoms with Gasteiger partial charge in [-0.15, -0.1) is 0 Å². The molecule has 0 saturated heterocycles. The molecule has 3 N–H and O–H groups in total. The number of sulfonamides is 2. The molecular weight excluding hydrogens is 631 g/mol. The molecule has 236 valence electrons. The first kappa shape index (κ1) is 32.0. The zero-order valence-electron chi connectivity index (χ0n) is 25.2. The fourth-order valence-corrected chi connectivity index (χ4v) is 6.15. The lowest BCUT2D eigenvalue weighted by molar-refractivity contribution is 0.0988. The van der Waals surface area contributed by atoms with Gasteiger partial charge in [0.2, 0.25) is 25.9 Å². The number of hydrogen-bond donors (Lipinski definition) is 3. The Kier molecular flexibility index (Phi) is 8.48. The number of benzene rings is 3. The molecule has 2 aromatic heterocycles. The maximum atomic E-state index is 14.1. The molecule has 0 amide bonds. The van der Waals surface area contributed by atoms with Crippen LogP contribution < -0.4 is 19.7 Å². The van der Waals surface area contributed by atoms with E-state index < -0.39 is 25.6 Å². The summed E-state index contributed by atoms with van der Waals surface area (Å²) in [4.78, 5) is 29.5. The van der Waals surface area contributed by atoms with Crippen LogP contribution >= 0.6 is 0 Å². The summed E-state index contributed by atoms with van der Waals surface area (Å²) in [6.07, 6.45) is 2.23. The van der Waals surface area contributed by atoms with Crippen molar-refractivity contribution < 1.29 is 26.4 Å². The van der Waals surface area contributed by atoms with Crippen molar-refractivity contribution >= 4 is 42.9 Å². The molecule has 0 unspecified atom stereocenters. The van der Waals surface area contributed by atoms with Gasteiger partial charge in [0.1, 0.15) is 23.0 Å². The number of carbonyl (C=O) groups is 1. The monoisotopic (exact) mass is 659 g/mol. The normalized spacial score (nSPS) is 11.6. The van der Waals surface area contributed by atoms with Gasteiger partial charge in [0.25, 0.3) is 5.56 Å². The molecule has 0 radical (unpaired) electrons. The van der Waals surface area contributed by atoms with E-state index in [0.29, 0.717) is 28.9 Å². The quantitative estimate of drug-likeness (QED) is 0.170. The van der Waals surface area contributed by atoms with Gasteiger partial charge in [-0.3, -0.25) is 19.0 Å². The molecule has 0 saturated carbocycles. The van der Waals surface area contributed by atoms with E-state index >= 15 is 0 Å².